The van der Waals surface area contributed by atoms with Crippen molar-refractivity contribution in [3.63, 3.8) is 0 Å². The van der Waals surface area contributed by atoms with Gasteiger partial charge >= 0.3 is 0 Å². The molecule has 6 heteroatoms. The molecule has 2 aromatic carbocycles. The minimum Gasteiger partial charge on any atom is -0.386 e. The molecule has 24 heavy (non-hydrogen) atoms. The monoisotopic (exact) mass is 321 g/mol. The maximum atomic E-state index is 12.0. The van der Waals surface area contributed by atoms with Crippen LogP contribution in [0.1, 0.15) is 31.8 Å². The third kappa shape index (κ3) is 3.03. The van der Waals surface area contributed by atoms with E-state index in [1.165, 1.54) is 0 Å². The number of primary amides is 1. The molecule has 1 aliphatic heterocycles. The summed E-state index contributed by atoms with van der Waals surface area (Å²) in [6.07, 6.45) is 1.59. The molecule has 0 aliphatic carbocycles. The second kappa shape index (κ2) is 6.37. The maximum Gasteiger partial charge on any atom is 0.260 e. The molecule has 0 atom stereocenters. The number of carbonyl (C=O) groups excluding carboxylic acids is 3. The van der Waals surface area contributed by atoms with Crippen LogP contribution < -0.4 is 16.4 Å². The predicted molar refractivity (Wildman–Crippen MR) is 88.7 cm³/mol. The SMILES string of the molecule is NC(=O)c1ccc(CNC=C2C(=O)NC(=O)c3ccccc32)cc1. The van der Waals surface area contributed by atoms with Gasteiger partial charge in [0.15, 0.2) is 0 Å². The van der Waals surface area contributed by atoms with E-state index in [-0.39, 0.29) is 0 Å². The molecule has 4 N–H and O–H groups in total. The highest BCUT2D eigenvalue weighted by atomic mass is 16.2. The summed E-state index contributed by atoms with van der Waals surface area (Å²) >= 11 is 0. The molecule has 1 aliphatic rings. The first-order chi connectivity index (χ1) is 11.6. The molecule has 6 nitrogen and oxygen atoms in total. The number of amides is 3. The van der Waals surface area contributed by atoms with E-state index in [9.17, 15) is 14.4 Å². The normalized spacial score (nSPS) is 14.9. The molecule has 0 saturated carbocycles. The summed E-state index contributed by atoms with van der Waals surface area (Å²) in [6, 6.07) is 13.8. The van der Waals surface area contributed by atoms with Crippen molar-refractivity contribution >= 4 is 23.3 Å². The molecule has 120 valence electrons. The quantitative estimate of drug-likeness (QED) is 0.581. The van der Waals surface area contributed by atoms with Crippen LogP contribution in [0.2, 0.25) is 0 Å². The number of nitrogens with one attached hydrogen (secondary N) is 2. The van der Waals surface area contributed by atoms with Crippen LogP contribution in [0.4, 0.5) is 0 Å². The van der Waals surface area contributed by atoms with E-state index in [0.29, 0.717) is 28.8 Å². The molecular formula is C18H15N3O3. The molecule has 0 unspecified atom stereocenters. The van der Waals surface area contributed by atoms with Gasteiger partial charge in [0.05, 0.1) is 5.57 Å². The standard InChI is InChI=1S/C18H15N3O3/c19-16(22)12-7-5-11(6-8-12)9-20-10-15-13-3-1-2-4-14(13)17(23)21-18(15)24/h1-8,10,20H,9H2,(H2,19,22)(H,21,23,24). The number of benzene rings is 2. The van der Waals surface area contributed by atoms with Crippen molar-refractivity contribution in [3.05, 3.63) is 77.0 Å². The summed E-state index contributed by atoms with van der Waals surface area (Å²) in [7, 11) is 0. The Labute approximate surface area is 138 Å². The first-order valence-corrected chi connectivity index (χ1v) is 7.33. The van der Waals surface area contributed by atoms with E-state index in [2.05, 4.69) is 10.6 Å². The first-order valence-electron chi connectivity index (χ1n) is 7.33. The number of hydrogen-bond donors (Lipinski definition) is 3. The molecule has 0 saturated heterocycles. The zero-order valence-electron chi connectivity index (χ0n) is 12.7. The molecular weight excluding hydrogens is 306 g/mol. The molecule has 0 radical (unpaired) electrons. The molecule has 0 aromatic heterocycles. The Balaban J connectivity index is 1.77. The second-order valence-corrected chi connectivity index (χ2v) is 5.33. The highest BCUT2D eigenvalue weighted by molar-refractivity contribution is 6.30. The Morgan fingerprint density at radius 3 is 2.33 bits per heavy atom. The molecule has 0 fully saturated rings. The fourth-order valence-corrected chi connectivity index (χ4v) is 2.48. The molecule has 0 spiro atoms. The predicted octanol–water partition coefficient (Wildman–Crippen LogP) is 1.19. The summed E-state index contributed by atoms with van der Waals surface area (Å²) in [5.41, 5.74) is 8.04. The molecule has 3 amide bonds. The third-order valence-electron chi connectivity index (χ3n) is 3.72. The lowest BCUT2D eigenvalue weighted by molar-refractivity contribution is -0.114. The number of nitrogens with two attached hydrogens (primary N) is 1. The van der Waals surface area contributed by atoms with Crippen LogP contribution in [0.15, 0.2) is 54.7 Å². The smallest absolute Gasteiger partial charge is 0.260 e. The molecule has 2 aromatic rings. The second-order valence-electron chi connectivity index (χ2n) is 5.33. The highest BCUT2D eigenvalue weighted by Crippen LogP contribution is 2.23. The number of carbonyl (C=O) groups is 3. The van der Waals surface area contributed by atoms with Gasteiger partial charge in [0.2, 0.25) is 5.91 Å². The Bertz CT molecular complexity index is 854. The van der Waals surface area contributed by atoms with Gasteiger partial charge in [-0.15, -0.1) is 0 Å². The van der Waals surface area contributed by atoms with Crippen molar-refractivity contribution < 1.29 is 14.4 Å². The van der Waals surface area contributed by atoms with Crippen LogP contribution in [0.3, 0.4) is 0 Å². The minimum absolute atomic E-state index is 0.394. The Hall–Kier alpha value is -3.41. The summed E-state index contributed by atoms with van der Waals surface area (Å²) < 4.78 is 0. The number of rotatable bonds is 4. The van der Waals surface area contributed by atoms with E-state index in [1.54, 1.807) is 54.7 Å². The average molecular weight is 321 g/mol. The lowest BCUT2D eigenvalue weighted by Crippen LogP contribution is -2.36. The Morgan fingerprint density at radius 1 is 1.00 bits per heavy atom. The maximum absolute atomic E-state index is 12.0. The number of hydrogen-bond acceptors (Lipinski definition) is 4. The highest BCUT2D eigenvalue weighted by Gasteiger charge is 2.26. The van der Waals surface area contributed by atoms with Crippen LogP contribution in [0, 0.1) is 0 Å². The third-order valence-corrected chi connectivity index (χ3v) is 3.72. The van der Waals surface area contributed by atoms with Gasteiger partial charge in [-0.2, -0.15) is 0 Å². The largest absolute Gasteiger partial charge is 0.386 e. The van der Waals surface area contributed by atoms with E-state index < -0.39 is 17.7 Å². The van der Waals surface area contributed by atoms with Crippen LogP contribution >= 0.6 is 0 Å². The van der Waals surface area contributed by atoms with Crippen molar-refractivity contribution in [2.45, 2.75) is 6.54 Å². The van der Waals surface area contributed by atoms with Gasteiger partial charge in [0, 0.05) is 29.4 Å². The van der Waals surface area contributed by atoms with Gasteiger partial charge in [-0.25, -0.2) is 0 Å². The molecule has 0 bridgehead atoms. The zero-order chi connectivity index (χ0) is 17.1. The summed E-state index contributed by atoms with van der Waals surface area (Å²) in [4.78, 5) is 34.9. The number of imide groups is 1. The van der Waals surface area contributed by atoms with Gasteiger partial charge in [0.25, 0.3) is 11.8 Å². The van der Waals surface area contributed by atoms with Crippen molar-refractivity contribution in [1.29, 1.82) is 0 Å². The van der Waals surface area contributed by atoms with Crippen molar-refractivity contribution in [2.24, 2.45) is 5.73 Å². The zero-order valence-corrected chi connectivity index (χ0v) is 12.7. The summed E-state index contributed by atoms with van der Waals surface area (Å²) in [5, 5.41) is 5.37. The van der Waals surface area contributed by atoms with E-state index in [4.69, 9.17) is 5.73 Å². The van der Waals surface area contributed by atoms with Crippen molar-refractivity contribution in [2.75, 3.05) is 0 Å². The fraction of sp³-hybridized carbons (Fsp3) is 0.0556. The Kier molecular flexibility index (Phi) is 4.11. The van der Waals surface area contributed by atoms with E-state index in [1.807, 2.05) is 0 Å². The van der Waals surface area contributed by atoms with Crippen LogP contribution in [-0.2, 0) is 11.3 Å². The number of fused-ring (bicyclic) bond motifs is 1. The summed E-state index contributed by atoms with van der Waals surface area (Å²) in [5.74, 6) is -1.30. The van der Waals surface area contributed by atoms with Crippen LogP contribution in [0.25, 0.3) is 5.57 Å². The van der Waals surface area contributed by atoms with Gasteiger partial charge in [-0.3, -0.25) is 19.7 Å². The van der Waals surface area contributed by atoms with Gasteiger partial charge in [-0.05, 0) is 23.8 Å². The molecule has 3 rings (SSSR count). The van der Waals surface area contributed by atoms with Gasteiger partial charge in [-0.1, -0.05) is 30.3 Å². The first kappa shape index (κ1) is 15.5. The Morgan fingerprint density at radius 2 is 1.67 bits per heavy atom. The van der Waals surface area contributed by atoms with E-state index >= 15 is 0 Å². The topological polar surface area (TPSA) is 101 Å². The minimum atomic E-state index is -0.475. The van der Waals surface area contributed by atoms with Gasteiger partial charge in [0.1, 0.15) is 0 Å². The van der Waals surface area contributed by atoms with Crippen molar-refractivity contribution in [3.8, 4) is 0 Å². The van der Waals surface area contributed by atoms with Crippen LogP contribution in [-0.4, -0.2) is 17.7 Å². The van der Waals surface area contributed by atoms with Crippen molar-refractivity contribution in [1.82, 2.24) is 10.6 Å². The summed E-state index contributed by atoms with van der Waals surface area (Å²) in [6.45, 7) is 0.464. The van der Waals surface area contributed by atoms with Crippen LogP contribution in [0.5, 0.6) is 0 Å². The average Bonchev–Trinajstić information content (AvgIpc) is 2.58. The lowest BCUT2D eigenvalue weighted by atomic mass is 9.96. The van der Waals surface area contributed by atoms with Gasteiger partial charge < -0.3 is 11.1 Å². The molecule has 1 heterocycles. The van der Waals surface area contributed by atoms with E-state index in [0.717, 1.165) is 5.56 Å². The lowest BCUT2D eigenvalue weighted by Gasteiger charge is -2.18. The fourth-order valence-electron chi connectivity index (χ4n) is 2.48.